The van der Waals surface area contributed by atoms with E-state index in [1.807, 2.05) is 0 Å². The van der Waals surface area contributed by atoms with Gasteiger partial charge in [-0.2, -0.15) is 5.10 Å². The van der Waals surface area contributed by atoms with E-state index in [1.165, 1.54) is 13.3 Å². The zero-order valence-electron chi connectivity index (χ0n) is 17.0. The number of methoxy groups -OCH3 is 1. The van der Waals surface area contributed by atoms with Crippen LogP contribution in [0.15, 0.2) is 47.6 Å². The number of esters is 1. The van der Waals surface area contributed by atoms with Crippen LogP contribution in [0.2, 0.25) is 5.02 Å². The van der Waals surface area contributed by atoms with Gasteiger partial charge in [-0.1, -0.05) is 23.7 Å². The monoisotopic (exact) mass is 447 g/mol. The van der Waals surface area contributed by atoms with Crippen molar-refractivity contribution >= 4 is 41.3 Å². The molecule has 2 aromatic rings. The fourth-order valence-electron chi connectivity index (χ4n) is 2.31. The lowest BCUT2D eigenvalue weighted by Gasteiger charge is -2.11. The molecule has 0 saturated carbocycles. The predicted octanol–water partition coefficient (Wildman–Crippen LogP) is 2.77. The van der Waals surface area contributed by atoms with Crippen LogP contribution in [0.4, 0.5) is 5.69 Å². The summed E-state index contributed by atoms with van der Waals surface area (Å²) in [5.74, 6) is -0.866. The zero-order valence-corrected chi connectivity index (χ0v) is 17.8. The van der Waals surface area contributed by atoms with Crippen molar-refractivity contribution in [1.29, 1.82) is 0 Å². The van der Waals surface area contributed by atoms with E-state index in [0.717, 1.165) is 0 Å². The number of amides is 2. The molecule has 31 heavy (non-hydrogen) atoms. The number of nitrogens with zero attached hydrogens (tertiary/aromatic N) is 1. The summed E-state index contributed by atoms with van der Waals surface area (Å²) in [6.07, 6.45) is 0.962. The topological polar surface area (TPSA) is 115 Å². The number of hydrazone groups is 1. The molecule has 0 radical (unpaired) electrons. The summed E-state index contributed by atoms with van der Waals surface area (Å²) in [6.45, 7) is 1.93. The number of para-hydroxylation sites is 1. The van der Waals surface area contributed by atoms with Crippen LogP contribution >= 0.6 is 11.6 Å². The second-order valence-corrected chi connectivity index (χ2v) is 6.41. The molecule has 0 aliphatic heterocycles. The molecule has 2 rings (SSSR count). The van der Waals surface area contributed by atoms with E-state index in [4.69, 9.17) is 21.1 Å². The van der Waals surface area contributed by atoms with Crippen molar-refractivity contribution in [3.63, 3.8) is 0 Å². The van der Waals surface area contributed by atoms with Gasteiger partial charge in [0.05, 0.1) is 30.6 Å². The van der Waals surface area contributed by atoms with Crippen LogP contribution < -0.4 is 20.2 Å². The molecule has 2 aromatic carbocycles. The molecular weight excluding hydrogens is 426 g/mol. The Bertz CT molecular complexity index is 964. The highest BCUT2D eigenvalue weighted by Crippen LogP contribution is 2.28. The second-order valence-electron chi connectivity index (χ2n) is 6.00. The number of carbonyl (C=O) groups is 3. The van der Waals surface area contributed by atoms with Crippen LogP contribution in [0, 0.1) is 0 Å². The lowest BCUT2D eigenvalue weighted by atomic mass is 10.2. The summed E-state index contributed by atoms with van der Waals surface area (Å²) < 4.78 is 15.4. The summed E-state index contributed by atoms with van der Waals surface area (Å²) in [7, 11) is 1.27. The smallest absolute Gasteiger partial charge is 0.343 e. The Balaban J connectivity index is 1.91. The van der Waals surface area contributed by atoms with Crippen LogP contribution in [0.1, 0.15) is 18.9 Å². The van der Waals surface area contributed by atoms with Crippen molar-refractivity contribution in [2.45, 2.75) is 13.3 Å². The van der Waals surface area contributed by atoms with Gasteiger partial charge >= 0.3 is 5.97 Å². The Hall–Kier alpha value is -3.59. The second kappa shape index (κ2) is 12.2. The molecular formula is C21H22ClN3O6. The molecule has 10 heteroatoms. The first-order valence-electron chi connectivity index (χ1n) is 9.25. The summed E-state index contributed by atoms with van der Waals surface area (Å²) >= 11 is 5.96. The highest BCUT2D eigenvalue weighted by molar-refractivity contribution is 6.33. The first-order chi connectivity index (χ1) is 14.9. The molecule has 0 saturated heterocycles. The first-order valence-corrected chi connectivity index (χ1v) is 9.63. The Labute approximate surface area is 184 Å². The van der Waals surface area contributed by atoms with Gasteiger partial charge in [0, 0.05) is 0 Å². The van der Waals surface area contributed by atoms with Gasteiger partial charge in [-0.15, -0.1) is 0 Å². The third-order valence-corrected chi connectivity index (χ3v) is 4.04. The summed E-state index contributed by atoms with van der Waals surface area (Å²) in [5, 5.41) is 6.76. The molecule has 0 bridgehead atoms. The van der Waals surface area contributed by atoms with Gasteiger partial charge in [-0.25, -0.2) is 10.2 Å². The minimum atomic E-state index is -0.594. The molecule has 164 valence electrons. The predicted molar refractivity (Wildman–Crippen MR) is 116 cm³/mol. The van der Waals surface area contributed by atoms with E-state index in [1.54, 1.807) is 49.4 Å². The average molecular weight is 448 g/mol. The van der Waals surface area contributed by atoms with E-state index in [9.17, 15) is 14.4 Å². The maximum Gasteiger partial charge on any atom is 0.343 e. The first kappa shape index (κ1) is 23.7. The Morgan fingerprint density at radius 3 is 2.55 bits per heavy atom. The molecule has 0 aliphatic carbocycles. The molecule has 0 unspecified atom stereocenters. The fraction of sp³-hybridized carbons (Fsp3) is 0.238. The lowest BCUT2D eigenvalue weighted by Crippen LogP contribution is -2.24. The molecule has 0 aliphatic rings. The Morgan fingerprint density at radius 1 is 1.06 bits per heavy atom. The minimum Gasteiger partial charge on any atom is -0.490 e. The van der Waals surface area contributed by atoms with Gasteiger partial charge in [0.25, 0.3) is 0 Å². The number of ether oxygens (including phenoxy) is 3. The van der Waals surface area contributed by atoms with Gasteiger partial charge in [-0.05, 0) is 42.8 Å². The Kier molecular flexibility index (Phi) is 9.31. The van der Waals surface area contributed by atoms with Crippen LogP contribution in [0.3, 0.4) is 0 Å². The van der Waals surface area contributed by atoms with Crippen LogP contribution in [0.25, 0.3) is 0 Å². The third kappa shape index (κ3) is 7.98. The van der Waals surface area contributed by atoms with Crippen molar-refractivity contribution < 1.29 is 28.6 Å². The van der Waals surface area contributed by atoms with Crippen LogP contribution in [0.5, 0.6) is 11.5 Å². The molecule has 2 amide bonds. The van der Waals surface area contributed by atoms with E-state index in [0.29, 0.717) is 34.4 Å². The van der Waals surface area contributed by atoms with Crippen molar-refractivity contribution in [3.8, 4) is 11.5 Å². The van der Waals surface area contributed by atoms with Gasteiger partial charge in [0.15, 0.2) is 18.1 Å². The number of halogens is 1. The summed E-state index contributed by atoms with van der Waals surface area (Å²) in [5.41, 5.74) is 3.31. The fourth-order valence-corrected chi connectivity index (χ4v) is 2.49. The molecule has 0 atom stereocenters. The molecule has 0 heterocycles. The number of anilines is 1. The summed E-state index contributed by atoms with van der Waals surface area (Å²) in [4.78, 5) is 35.1. The van der Waals surface area contributed by atoms with Crippen molar-refractivity contribution in [1.82, 2.24) is 5.43 Å². The molecule has 0 fully saturated rings. The highest BCUT2D eigenvalue weighted by Gasteiger charge is 2.11. The molecule has 2 N–H and O–H groups in total. The minimum absolute atomic E-state index is 0.254. The largest absolute Gasteiger partial charge is 0.490 e. The SMILES string of the molecule is CCOc1cc(C=NNC(=O)CC(=O)Nc2ccccc2Cl)ccc1OCC(=O)OC. The highest BCUT2D eigenvalue weighted by atomic mass is 35.5. The molecule has 0 spiro atoms. The summed E-state index contributed by atoms with van der Waals surface area (Å²) in [6, 6.07) is 11.6. The maximum absolute atomic E-state index is 11.9. The number of carbonyl (C=O) groups excluding carboxylic acids is 3. The van der Waals surface area contributed by atoms with Gasteiger partial charge in [-0.3, -0.25) is 9.59 Å². The van der Waals surface area contributed by atoms with E-state index in [-0.39, 0.29) is 6.61 Å². The van der Waals surface area contributed by atoms with E-state index < -0.39 is 24.2 Å². The average Bonchev–Trinajstić information content (AvgIpc) is 2.74. The number of benzene rings is 2. The van der Waals surface area contributed by atoms with Crippen molar-refractivity contribution in [2.75, 3.05) is 25.6 Å². The van der Waals surface area contributed by atoms with Crippen molar-refractivity contribution in [3.05, 3.63) is 53.1 Å². The van der Waals surface area contributed by atoms with Crippen molar-refractivity contribution in [2.24, 2.45) is 5.10 Å². The van der Waals surface area contributed by atoms with Gasteiger partial charge < -0.3 is 19.5 Å². The number of rotatable bonds is 10. The quantitative estimate of drug-likeness (QED) is 0.250. The lowest BCUT2D eigenvalue weighted by molar-refractivity contribution is -0.143. The number of nitrogens with one attached hydrogen (secondary N) is 2. The normalized spacial score (nSPS) is 10.4. The Morgan fingerprint density at radius 2 is 1.84 bits per heavy atom. The van der Waals surface area contributed by atoms with E-state index in [2.05, 4.69) is 20.6 Å². The standard InChI is InChI=1S/C21H22ClN3O6/c1-3-30-18-10-14(8-9-17(18)31-13-21(28)29-2)12-23-25-20(27)11-19(26)24-16-7-5-4-6-15(16)22/h4-10,12H,3,11,13H2,1-2H3,(H,24,26)(H,25,27). The van der Waals surface area contributed by atoms with Crippen LogP contribution in [-0.2, 0) is 19.1 Å². The molecule has 9 nitrogen and oxygen atoms in total. The maximum atomic E-state index is 11.9. The molecule has 0 aromatic heterocycles. The van der Waals surface area contributed by atoms with E-state index >= 15 is 0 Å². The van der Waals surface area contributed by atoms with Gasteiger partial charge in [0.2, 0.25) is 11.8 Å². The van der Waals surface area contributed by atoms with Gasteiger partial charge in [0.1, 0.15) is 6.42 Å². The number of hydrogen-bond donors (Lipinski definition) is 2. The third-order valence-electron chi connectivity index (χ3n) is 3.71. The van der Waals surface area contributed by atoms with Crippen LogP contribution in [-0.4, -0.2) is 44.3 Å². The number of hydrogen-bond acceptors (Lipinski definition) is 7. The zero-order chi connectivity index (χ0) is 22.6.